The third kappa shape index (κ3) is 2.49. The van der Waals surface area contributed by atoms with Gasteiger partial charge in [0.2, 0.25) is 5.91 Å². The van der Waals surface area contributed by atoms with Crippen molar-refractivity contribution in [1.29, 1.82) is 0 Å². The van der Waals surface area contributed by atoms with Crippen LogP contribution in [0.25, 0.3) is 0 Å². The molecule has 4 nitrogen and oxygen atoms in total. The Labute approximate surface area is 91.6 Å². The Balaban J connectivity index is 1.79. The van der Waals surface area contributed by atoms with Crippen molar-refractivity contribution in [1.82, 2.24) is 15.1 Å². The molecule has 86 valence electrons. The molecule has 0 radical (unpaired) electrons. The van der Waals surface area contributed by atoms with Crippen molar-refractivity contribution in [2.75, 3.05) is 32.8 Å². The maximum Gasteiger partial charge on any atom is 0.237 e. The van der Waals surface area contributed by atoms with Crippen molar-refractivity contribution in [2.24, 2.45) is 5.92 Å². The highest BCUT2D eigenvalue weighted by atomic mass is 16.2. The maximum atomic E-state index is 11.4. The fourth-order valence-corrected chi connectivity index (χ4v) is 2.46. The predicted octanol–water partition coefficient (Wildman–Crippen LogP) is 0.106. The van der Waals surface area contributed by atoms with Crippen LogP contribution in [0.1, 0.15) is 20.3 Å². The van der Waals surface area contributed by atoms with Crippen LogP contribution in [0.4, 0.5) is 0 Å². The topological polar surface area (TPSA) is 35.6 Å². The van der Waals surface area contributed by atoms with Gasteiger partial charge in [-0.25, -0.2) is 0 Å². The quantitative estimate of drug-likeness (QED) is 0.719. The summed E-state index contributed by atoms with van der Waals surface area (Å²) in [4.78, 5) is 15.9. The van der Waals surface area contributed by atoms with E-state index in [4.69, 9.17) is 0 Å². The fraction of sp³-hybridized carbons (Fsp3) is 0.909. The average molecular weight is 211 g/mol. The molecule has 0 aliphatic carbocycles. The molecule has 1 amide bonds. The van der Waals surface area contributed by atoms with E-state index in [0.717, 1.165) is 19.8 Å². The van der Waals surface area contributed by atoms with Crippen LogP contribution < -0.4 is 5.32 Å². The van der Waals surface area contributed by atoms with E-state index in [2.05, 4.69) is 24.1 Å². The number of rotatable bonds is 3. The van der Waals surface area contributed by atoms with Crippen LogP contribution >= 0.6 is 0 Å². The summed E-state index contributed by atoms with van der Waals surface area (Å²) in [6, 6.07) is 0.641. The lowest BCUT2D eigenvalue weighted by Gasteiger charge is -2.22. The molecule has 2 aliphatic heterocycles. The lowest BCUT2D eigenvalue weighted by Crippen LogP contribution is -2.34. The number of amides is 1. The third-order valence-electron chi connectivity index (χ3n) is 3.46. The normalized spacial score (nSPS) is 28.3. The second kappa shape index (κ2) is 4.49. The van der Waals surface area contributed by atoms with Crippen LogP contribution in [0, 0.1) is 5.92 Å². The molecule has 2 saturated heterocycles. The number of hydrogen-bond acceptors (Lipinski definition) is 3. The van der Waals surface area contributed by atoms with E-state index >= 15 is 0 Å². The largest absolute Gasteiger partial charge is 0.328 e. The van der Waals surface area contributed by atoms with Crippen molar-refractivity contribution < 1.29 is 4.79 Å². The first kappa shape index (κ1) is 10.9. The molecule has 0 aromatic rings. The maximum absolute atomic E-state index is 11.4. The van der Waals surface area contributed by atoms with Crippen LogP contribution in [0.15, 0.2) is 0 Å². The van der Waals surface area contributed by atoms with Gasteiger partial charge in [-0.2, -0.15) is 0 Å². The zero-order valence-electron chi connectivity index (χ0n) is 9.70. The summed E-state index contributed by atoms with van der Waals surface area (Å²) in [5.41, 5.74) is 0. The SMILES string of the molecule is CC(C)N1CCC(CN2CNCC2=O)C1. The number of nitrogens with one attached hydrogen (secondary N) is 1. The standard InChI is InChI=1S/C11H21N3O/c1-9(2)13-4-3-10(6-13)7-14-8-12-5-11(14)15/h9-10,12H,3-8H2,1-2H3. The highest BCUT2D eigenvalue weighted by Crippen LogP contribution is 2.19. The molecule has 2 heterocycles. The molecule has 0 bridgehead atoms. The Kier molecular flexibility index (Phi) is 3.26. The molecule has 0 saturated carbocycles. The predicted molar refractivity (Wildman–Crippen MR) is 59.4 cm³/mol. The van der Waals surface area contributed by atoms with Crippen LogP contribution in [-0.2, 0) is 4.79 Å². The highest BCUT2D eigenvalue weighted by molar-refractivity contribution is 5.79. The molecule has 4 heteroatoms. The third-order valence-corrected chi connectivity index (χ3v) is 3.46. The minimum atomic E-state index is 0.262. The van der Waals surface area contributed by atoms with E-state index in [1.165, 1.54) is 13.0 Å². The van der Waals surface area contributed by atoms with Gasteiger partial charge in [-0.3, -0.25) is 10.1 Å². The number of nitrogens with zero attached hydrogens (tertiary/aromatic N) is 2. The Bertz CT molecular complexity index is 242. The summed E-state index contributed by atoms with van der Waals surface area (Å²) < 4.78 is 0. The van der Waals surface area contributed by atoms with E-state index in [1.54, 1.807) is 0 Å². The van der Waals surface area contributed by atoms with Gasteiger partial charge < -0.3 is 9.80 Å². The van der Waals surface area contributed by atoms with Gasteiger partial charge in [0, 0.05) is 19.1 Å². The molecule has 2 fully saturated rings. The van der Waals surface area contributed by atoms with E-state index in [9.17, 15) is 4.79 Å². The summed E-state index contributed by atoms with van der Waals surface area (Å²) in [7, 11) is 0. The zero-order valence-corrected chi connectivity index (χ0v) is 9.70. The van der Waals surface area contributed by atoms with E-state index in [-0.39, 0.29) is 5.91 Å². The van der Waals surface area contributed by atoms with Crippen LogP contribution in [0.5, 0.6) is 0 Å². The van der Waals surface area contributed by atoms with Crippen LogP contribution in [-0.4, -0.2) is 54.6 Å². The number of carbonyl (C=O) groups excluding carboxylic acids is 1. The summed E-state index contributed by atoms with van der Waals surface area (Å²) in [6.07, 6.45) is 1.24. The number of carbonyl (C=O) groups is 1. The van der Waals surface area contributed by atoms with Gasteiger partial charge in [0.25, 0.3) is 0 Å². The Morgan fingerprint density at radius 1 is 1.53 bits per heavy atom. The second-order valence-corrected chi connectivity index (χ2v) is 4.94. The lowest BCUT2D eigenvalue weighted by atomic mass is 10.1. The molecule has 1 N–H and O–H groups in total. The zero-order chi connectivity index (χ0) is 10.8. The lowest BCUT2D eigenvalue weighted by molar-refractivity contribution is -0.127. The minimum absolute atomic E-state index is 0.262. The van der Waals surface area contributed by atoms with Gasteiger partial charge in [0.05, 0.1) is 13.2 Å². The van der Waals surface area contributed by atoms with Crippen molar-refractivity contribution in [2.45, 2.75) is 26.3 Å². The molecule has 2 aliphatic rings. The van der Waals surface area contributed by atoms with Crippen molar-refractivity contribution in [3.8, 4) is 0 Å². The Morgan fingerprint density at radius 3 is 2.87 bits per heavy atom. The number of hydrogen-bond donors (Lipinski definition) is 1. The number of likely N-dealkylation sites (tertiary alicyclic amines) is 1. The minimum Gasteiger partial charge on any atom is -0.328 e. The van der Waals surface area contributed by atoms with Gasteiger partial charge in [-0.1, -0.05) is 0 Å². The van der Waals surface area contributed by atoms with Gasteiger partial charge >= 0.3 is 0 Å². The Morgan fingerprint density at radius 2 is 2.33 bits per heavy atom. The molecule has 1 atom stereocenters. The molecule has 0 spiro atoms. The second-order valence-electron chi connectivity index (χ2n) is 4.94. The molecular weight excluding hydrogens is 190 g/mol. The van der Waals surface area contributed by atoms with Crippen LogP contribution in [0.2, 0.25) is 0 Å². The summed E-state index contributed by atoms with van der Waals surface area (Å²) in [5, 5.41) is 3.09. The highest BCUT2D eigenvalue weighted by Gasteiger charge is 2.28. The Hall–Kier alpha value is -0.610. The smallest absolute Gasteiger partial charge is 0.237 e. The first-order valence-electron chi connectivity index (χ1n) is 5.89. The molecule has 1 unspecified atom stereocenters. The van der Waals surface area contributed by atoms with Gasteiger partial charge in [-0.15, -0.1) is 0 Å². The first-order valence-corrected chi connectivity index (χ1v) is 5.89. The summed E-state index contributed by atoms with van der Waals surface area (Å²) in [6.45, 7) is 9.04. The average Bonchev–Trinajstić information content (AvgIpc) is 2.77. The molecule has 2 rings (SSSR count). The van der Waals surface area contributed by atoms with Crippen LogP contribution in [0.3, 0.4) is 0 Å². The molecule has 0 aromatic heterocycles. The molecular formula is C11H21N3O. The van der Waals surface area contributed by atoms with E-state index < -0.39 is 0 Å². The summed E-state index contributed by atoms with van der Waals surface area (Å²) in [5.74, 6) is 0.939. The van der Waals surface area contributed by atoms with Crippen molar-refractivity contribution >= 4 is 5.91 Å². The van der Waals surface area contributed by atoms with Gasteiger partial charge in [-0.05, 0) is 32.7 Å². The molecule has 15 heavy (non-hydrogen) atoms. The monoisotopic (exact) mass is 211 g/mol. The fourth-order valence-electron chi connectivity index (χ4n) is 2.46. The first-order chi connectivity index (χ1) is 7.16. The van der Waals surface area contributed by atoms with Gasteiger partial charge in [0.1, 0.15) is 0 Å². The van der Waals surface area contributed by atoms with E-state index in [1.807, 2.05) is 4.90 Å². The van der Waals surface area contributed by atoms with Gasteiger partial charge in [0.15, 0.2) is 0 Å². The molecule has 0 aromatic carbocycles. The van der Waals surface area contributed by atoms with Crippen molar-refractivity contribution in [3.05, 3.63) is 0 Å². The van der Waals surface area contributed by atoms with E-state index in [0.29, 0.717) is 18.5 Å². The van der Waals surface area contributed by atoms with Crippen molar-refractivity contribution in [3.63, 3.8) is 0 Å². The summed E-state index contributed by atoms with van der Waals surface area (Å²) >= 11 is 0.